The molecule has 2 heterocycles. The molecule has 0 unspecified atom stereocenters. The van der Waals surface area contributed by atoms with E-state index in [1.54, 1.807) is 48.7 Å². The van der Waals surface area contributed by atoms with Gasteiger partial charge in [0.05, 0.1) is 28.2 Å². The van der Waals surface area contributed by atoms with Crippen LogP contribution < -0.4 is 4.72 Å². The van der Waals surface area contributed by atoms with Gasteiger partial charge in [0.25, 0.3) is 10.0 Å². The van der Waals surface area contributed by atoms with Crippen molar-refractivity contribution in [2.45, 2.75) is 37.5 Å². The summed E-state index contributed by atoms with van der Waals surface area (Å²) in [4.78, 5) is 15.7. The summed E-state index contributed by atoms with van der Waals surface area (Å²) in [6, 6.07) is 17.1. The van der Waals surface area contributed by atoms with Crippen molar-refractivity contribution in [2.75, 3.05) is 4.72 Å². The van der Waals surface area contributed by atoms with E-state index in [0.717, 1.165) is 10.9 Å². The van der Waals surface area contributed by atoms with Crippen LogP contribution >= 0.6 is 0 Å². The Morgan fingerprint density at radius 2 is 1.79 bits per heavy atom. The molecule has 33 heavy (non-hydrogen) atoms. The van der Waals surface area contributed by atoms with E-state index in [2.05, 4.69) is 35.6 Å². The summed E-state index contributed by atoms with van der Waals surface area (Å²) in [6.07, 6.45) is 1.32. The van der Waals surface area contributed by atoms with Gasteiger partial charge in [-0.15, -0.1) is 0 Å². The Morgan fingerprint density at radius 3 is 2.45 bits per heavy atom. The van der Waals surface area contributed by atoms with E-state index in [1.807, 2.05) is 12.1 Å². The number of nitrogens with zero attached hydrogens (tertiary/aromatic N) is 3. The number of hydrogen-bond acceptors (Lipinski definition) is 5. The number of carbonyl (C=O) groups is 1. The highest BCUT2D eigenvalue weighted by atomic mass is 32.2. The lowest BCUT2D eigenvalue weighted by molar-refractivity contribution is -0.136. The molecule has 0 saturated carbocycles. The first kappa shape index (κ1) is 22.5. The number of pyridine rings is 1. The molecule has 0 aliphatic heterocycles. The fourth-order valence-electron chi connectivity index (χ4n) is 3.53. The second-order valence-electron chi connectivity index (χ2n) is 8.73. The molecule has 4 aromatic rings. The Morgan fingerprint density at radius 1 is 1.06 bits per heavy atom. The fourth-order valence-corrected chi connectivity index (χ4v) is 4.56. The summed E-state index contributed by atoms with van der Waals surface area (Å²) < 4.78 is 30.3. The SMILES string of the molecule is CC(C)(C)c1ccc(S(=O)(=O)Nc2cc(CC(=O)O)nn2-c2cccc3ncccc23)cc1. The second-order valence-corrected chi connectivity index (χ2v) is 10.4. The molecule has 4 rings (SSSR count). The van der Waals surface area contributed by atoms with Gasteiger partial charge >= 0.3 is 5.97 Å². The molecule has 0 atom stereocenters. The molecule has 0 radical (unpaired) electrons. The fraction of sp³-hybridized carbons (Fsp3) is 0.208. The molecule has 0 fully saturated rings. The zero-order valence-corrected chi connectivity index (χ0v) is 19.3. The van der Waals surface area contributed by atoms with E-state index in [1.165, 1.54) is 10.7 Å². The van der Waals surface area contributed by atoms with Crippen molar-refractivity contribution in [3.05, 3.63) is 78.1 Å². The molecular formula is C24H24N4O4S. The monoisotopic (exact) mass is 464 g/mol. The Kier molecular flexibility index (Phi) is 5.67. The van der Waals surface area contributed by atoms with Gasteiger partial charge in [0.1, 0.15) is 5.82 Å². The summed E-state index contributed by atoms with van der Waals surface area (Å²) in [6.45, 7) is 6.16. The van der Waals surface area contributed by atoms with Crippen LogP contribution in [0.3, 0.4) is 0 Å². The number of sulfonamides is 1. The van der Waals surface area contributed by atoms with Crippen LogP contribution in [0.2, 0.25) is 0 Å². The first-order chi connectivity index (χ1) is 15.5. The van der Waals surface area contributed by atoms with Crippen LogP contribution in [0.25, 0.3) is 16.6 Å². The quantitative estimate of drug-likeness (QED) is 0.443. The number of aromatic nitrogens is 3. The van der Waals surface area contributed by atoms with E-state index in [4.69, 9.17) is 0 Å². The van der Waals surface area contributed by atoms with Gasteiger partial charge in [-0.3, -0.25) is 14.5 Å². The van der Waals surface area contributed by atoms with Gasteiger partial charge in [-0.2, -0.15) is 5.10 Å². The number of aliphatic carboxylic acids is 1. The maximum absolute atomic E-state index is 13.2. The van der Waals surface area contributed by atoms with E-state index >= 15 is 0 Å². The zero-order valence-electron chi connectivity index (χ0n) is 18.5. The van der Waals surface area contributed by atoms with E-state index in [-0.39, 0.29) is 28.2 Å². The minimum Gasteiger partial charge on any atom is -0.481 e. The third-order valence-corrected chi connectivity index (χ3v) is 6.58. The van der Waals surface area contributed by atoms with Crippen molar-refractivity contribution in [1.29, 1.82) is 0 Å². The molecule has 0 amide bonds. The highest BCUT2D eigenvalue weighted by Crippen LogP contribution is 2.28. The van der Waals surface area contributed by atoms with E-state index in [0.29, 0.717) is 11.2 Å². The zero-order chi connectivity index (χ0) is 23.8. The van der Waals surface area contributed by atoms with Crippen molar-refractivity contribution in [3.8, 4) is 5.69 Å². The van der Waals surface area contributed by atoms with Crippen LogP contribution in [0.5, 0.6) is 0 Å². The number of carboxylic acids is 1. The first-order valence-electron chi connectivity index (χ1n) is 10.3. The number of nitrogens with one attached hydrogen (secondary N) is 1. The van der Waals surface area contributed by atoms with Crippen LogP contribution in [0.1, 0.15) is 32.0 Å². The molecule has 2 N–H and O–H groups in total. The normalized spacial score (nSPS) is 12.1. The summed E-state index contributed by atoms with van der Waals surface area (Å²) in [5, 5.41) is 14.3. The predicted octanol–water partition coefficient (Wildman–Crippen LogP) is 4.15. The predicted molar refractivity (Wildman–Crippen MR) is 126 cm³/mol. The molecule has 0 aliphatic rings. The second kappa shape index (κ2) is 8.32. The van der Waals surface area contributed by atoms with Gasteiger partial charge in [-0.05, 0) is 47.4 Å². The standard InChI is InChI=1S/C24H24N4O4S/c1-24(2,3)16-9-11-18(12-10-16)33(31,32)27-22-14-17(15-23(29)30)26-28(22)21-8-4-7-20-19(21)6-5-13-25-20/h4-14,27H,15H2,1-3H3,(H,29,30). The number of fused-ring (bicyclic) bond motifs is 1. The lowest BCUT2D eigenvalue weighted by atomic mass is 9.87. The van der Waals surface area contributed by atoms with Crippen molar-refractivity contribution in [2.24, 2.45) is 0 Å². The number of benzene rings is 2. The van der Waals surface area contributed by atoms with Crippen LogP contribution in [-0.2, 0) is 26.7 Å². The molecule has 0 bridgehead atoms. The summed E-state index contributed by atoms with van der Waals surface area (Å²) in [5.74, 6) is -0.922. The van der Waals surface area contributed by atoms with Crippen molar-refractivity contribution >= 4 is 32.7 Å². The Hall–Kier alpha value is -3.72. The van der Waals surface area contributed by atoms with Gasteiger partial charge < -0.3 is 5.11 Å². The number of anilines is 1. The molecule has 8 nitrogen and oxygen atoms in total. The lowest BCUT2D eigenvalue weighted by Gasteiger charge is -2.19. The maximum Gasteiger partial charge on any atom is 0.309 e. The van der Waals surface area contributed by atoms with Crippen LogP contribution in [0.15, 0.2) is 71.8 Å². The number of carboxylic acid groups (broad SMARTS) is 1. The van der Waals surface area contributed by atoms with Gasteiger partial charge in [-0.1, -0.05) is 39.0 Å². The summed E-state index contributed by atoms with van der Waals surface area (Å²) >= 11 is 0. The van der Waals surface area contributed by atoms with E-state index < -0.39 is 16.0 Å². The number of hydrogen-bond donors (Lipinski definition) is 2. The molecule has 2 aromatic heterocycles. The van der Waals surface area contributed by atoms with Crippen molar-refractivity contribution in [3.63, 3.8) is 0 Å². The summed E-state index contributed by atoms with van der Waals surface area (Å²) in [7, 11) is -3.95. The molecular weight excluding hydrogens is 440 g/mol. The molecule has 170 valence electrons. The average Bonchev–Trinajstić information content (AvgIpc) is 3.13. The topological polar surface area (TPSA) is 114 Å². The smallest absolute Gasteiger partial charge is 0.309 e. The third kappa shape index (κ3) is 4.73. The van der Waals surface area contributed by atoms with Crippen molar-refractivity contribution < 1.29 is 18.3 Å². The largest absolute Gasteiger partial charge is 0.481 e. The van der Waals surface area contributed by atoms with Gasteiger partial charge in [0, 0.05) is 17.6 Å². The van der Waals surface area contributed by atoms with Crippen molar-refractivity contribution in [1.82, 2.24) is 14.8 Å². The maximum atomic E-state index is 13.2. The van der Waals surface area contributed by atoms with E-state index in [9.17, 15) is 18.3 Å². The van der Waals surface area contributed by atoms with Crippen LogP contribution in [0.4, 0.5) is 5.82 Å². The lowest BCUT2D eigenvalue weighted by Crippen LogP contribution is -2.17. The molecule has 0 aliphatic carbocycles. The molecule has 0 spiro atoms. The van der Waals surface area contributed by atoms with Gasteiger partial charge in [0.2, 0.25) is 0 Å². The molecule has 9 heteroatoms. The Balaban J connectivity index is 1.78. The third-order valence-electron chi connectivity index (χ3n) is 5.21. The molecule has 2 aromatic carbocycles. The first-order valence-corrected chi connectivity index (χ1v) is 11.8. The van der Waals surface area contributed by atoms with Gasteiger partial charge in [-0.25, -0.2) is 13.1 Å². The average molecular weight is 465 g/mol. The minimum absolute atomic E-state index is 0.0996. The van der Waals surface area contributed by atoms with Crippen LogP contribution in [0, 0.1) is 0 Å². The van der Waals surface area contributed by atoms with Crippen LogP contribution in [-0.4, -0.2) is 34.3 Å². The molecule has 0 saturated heterocycles. The Bertz CT molecular complexity index is 1430. The Labute approximate surface area is 192 Å². The van der Waals surface area contributed by atoms with Gasteiger partial charge in [0.15, 0.2) is 0 Å². The minimum atomic E-state index is -3.95. The highest BCUT2D eigenvalue weighted by molar-refractivity contribution is 7.92. The number of rotatable bonds is 6. The highest BCUT2D eigenvalue weighted by Gasteiger charge is 2.22. The summed E-state index contributed by atoms with van der Waals surface area (Å²) in [5.41, 5.74) is 2.42.